The summed E-state index contributed by atoms with van der Waals surface area (Å²) >= 11 is 1.61. The van der Waals surface area contributed by atoms with E-state index in [1.165, 1.54) is 5.56 Å². The van der Waals surface area contributed by atoms with Crippen molar-refractivity contribution in [1.29, 1.82) is 0 Å². The Labute approximate surface area is 163 Å². The Bertz CT molecular complexity index is 937. The van der Waals surface area contributed by atoms with Gasteiger partial charge in [0.25, 0.3) is 0 Å². The first-order chi connectivity index (χ1) is 13.1. The number of anilines is 1. The van der Waals surface area contributed by atoms with Crippen molar-refractivity contribution in [1.82, 2.24) is 10.3 Å². The normalized spacial score (nSPS) is 10.5. The van der Waals surface area contributed by atoms with E-state index in [0.29, 0.717) is 24.6 Å². The van der Waals surface area contributed by atoms with E-state index in [2.05, 4.69) is 34.7 Å². The van der Waals surface area contributed by atoms with E-state index in [9.17, 15) is 4.79 Å². The highest BCUT2D eigenvalue weighted by atomic mass is 32.1. The molecule has 0 atom stereocenters. The highest BCUT2D eigenvalue weighted by Crippen LogP contribution is 2.30. The molecule has 6 heteroatoms. The molecule has 0 aliphatic carbocycles. The molecule has 2 aromatic carbocycles. The van der Waals surface area contributed by atoms with Gasteiger partial charge in [-0.05, 0) is 38.5 Å². The van der Waals surface area contributed by atoms with Crippen LogP contribution in [0.15, 0.2) is 48.5 Å². The predicted molar refractivity (Wildman–Crippen MR) is 110 cm³/mol. The van der Waals surface area contributed by atoms with Gasteiger partial charge in [-0.2, -0.15) is 0 Å². The fraction of sp³-hybridized carbons (Fsp3) is 0.238. The van der Waals surface area contributed by atoms with E-state index in [-0.39, 0.29) is 6.03 Å². The number of hydrogen-bond donors (Lipinski definition) is 2. The van der Waals surface area contributed by atoms with Crippen LogP contribution in [-0.2, 0) is 6.54 Å². The number of thiazole rings is 1. The van der Waals surface area contributed by atoms with E-state index in [1.54, 1.807) is 11.3 Å². The van der Waals surface area contributed by atoms with Gasteiger partial charge in [-0.1, -0.05) is 36.4 Å². The molecule has 0 aliphatic heterocycles. The van der Waals surface area contributed by atoms with Gasteiger partial charge in [-0.25, -0.2) is 9.78 Å². The van der Waals surface area contributed by atoms with Gasteiger partial charge in [0, 0.05) is 10.4 Å². The standard InChI is InChI=1S/C21H23N3O2S/c1-4-26-18-12-8-7-11-17(18)24-21(25)22-13-19-15(3)23-20(27-19)16-10-6-5-9-14(16)2/h5-12H,4,13H2,1-3H3,(H2,22,24,25). The van der Waals surface area contributed by atoms with E-state index in [1.807, 2.05) is 50.2 Å². The quantitative estimate of drug-likeness (QED) is 0.621. The maximum Gasteiger partial charge on any atom is 0.319 e. The molecule has 0 saturated carbocycles. The van der Waals surface area contributed by atoms with Crippen molar-refractivity contribution in [3.05, 3.63) is 64.7 Å². The third kappa shape index (κ3) is 4.65. The zero-order chi connectivity index (χ0) is 19.2. The van der Waals surface area contributed by atoms with Crippen LogP contribution >= 0.6 is 11.3 Å². The Morgan fingerprint density at radius 3 is 2.63 bits per heavy atom. The molecule has 0 saturated heterocycles. The topological polar surface area (TPSA) is 63.2 Å². The molecule has 0 fully saturated rings. The van der Waals surface area contributed by atoms with Crippen molar-refractivity contribution in [2.24, 2.45) is 0 Å². The lowest BCUT2D eigenvalue weighted by Crippen LogP contribution is -2.28. The Kier molecular flexibility index (Phi) is 6.08. The number of urea groups is 1. The summed E-state index contributed by atoms with van der Waals surface area (Å²) in [6.07, 6.45) is 0. The van der Waals surface area contributed by atoms with E-state index in [4.69, 9.17) is 4.74 Å². The molecule has 27 heavy (non-hydrogen) atoms. The lowest BCUT2D eigenvalue weighted by Gasteiger charge is -2.11. The van der Waals surface area contributed by atoms with Crippen LogP contribution in [0, 0.1) is 13.8 Å². The molecule has 1 aromatic heterocycles. The lowest BCUT2D eigenvalue weighted by atomic mass is 10.1. The number of amides is 2. The number of hydrogen-bond acceptors (Lipinski definition) is 4. The number of aryl methyl sites for hydroxylation is 2. The lowest BCUT2D eigenvalue weighted by molar-refractivity contribution is 0.251. The number of ether oxygens (including phenoxy) is 1. The molecule has 3 rings (SSSR count). The molecule has 140 valence electrons. The summed E-state index contributed by atoms with van der Waals surface area (Å²) in [5.74, 6) is 0.658. The molecular formula is C21H23N3O2S. The highest BCUT2D eigenvalue weighted by molar-refractivity contribution is 7.15. The van der Waals surface area contributed by atoms with Crippen LogP contribution in [0.4, 0.5) is 10.5 Å². The van der Waals surface area contributed by atoms with Crippen molar-refractivity contribution < 1.29 is 9.53 Å². The molecule has 0 bridgehead atoms. The molecule has 5 nitrogen and oxygen atoms in total. The van der Waals surface area contributed by atoms with Crippen LogP contribution in [0.3, 0.4) is 0 Å². The third-order valence-electron chi connectivity index (χ3n) is 4.11. The summed E-state index contributed by atoms with van der Waals surface area (Å²) in [5, 5.41) is 6.72. The zero-order valence-electron chi connectivity index (χ0n) is 15.7. The molecule has 0 spiro atoms. The molecular weight excluding hydrogens is 358 g/mol. The number of aromatic nitrogens is 1. The molecule has 2 N–H and O–H groups in total. The van der Waals surface area contributed by atoms with Crippen molar-refractivity contribution in [2.45, 2.75) is 27.3 Å². The zero-order valence-corrected chi connectivity index (χ0v) is 16.5. The first-order valence-corrected chi connectivity index (χ1v) is 9.69. The van der Waals surface area contributed by atoms with Gasteiger partial charge < -0.3 is 15.4 Å². The van der Waals surface area contributed by atoms with Gasteiger partial charge >= 0.3 is 6.03 Å². The molecule has 0 radical (unpaired) electrons. The van der Waals surface area contributed by atoms with Crippen LogP contribution < -0.4 is 15.4 Å². The largest absolute Gasteiger partial charge is 0.492 e. The second-order valence-electron chi connectivity index (χ2n) is 6.08. The highest BCUT2D eigenvalue weighted by Gasteiger charge is 2.13. The number of nitrogens with zero attached hydrogens (tertiary/aromatic N) is 1. The summed E-state index contributed by atoms with van der Waals surface area (Å²) < 4.78 is 5.53. The van der Waals surface area contributed by atoms with Crippen LogP contribution in [-0.4, -0.2) is 17.6 Å². The number of para-hydroxylation sites is 2. The Morgan fingerprint density at radius 1 is 1.11 bits per heavy atom. The number of carbonyl (C=O) groups excluding carboxylic acids is 1. The second-order valence-corrected chi connectivity index (χ2v) is 7.16. The minimum Gasteiger partial charge on any atom is -0.492 e. The number of nitrogens with one attached hydrogen (secondary N) is 2. The number of benzene rings is 2. The molecule has 1 heterocycles. The summed E-state index contributed by atoms with van der Waals surface area (Å²) in [4.78, 5) is 18.0. The van der Waals surface area contributed by atoms with Gasteiger partial charge in [0.15, 0.2) is 0 Å². The van der Waals surface area contributed by atoms with Crippen molar-refractivity contribution in [3.8, 4) is 16.3 Å². The molecule has 3 aromatic rings. The Balaban J connectivity index is 1.65. The predicted octanol–water partition coefficient (Wildman–Crippen LogP) is 5.15. The van der Waals surface area contributed by atoms with Crippen molar-refractivity contribution in [2.75, 3.05) is 11.9 Å². The first kappa shape index (κ1) is 18.9. The van der Waals surface area contributed by atoms with Gasteiger partial charge in [-0.3, -0.25) is 0 Å². The monoisotopic (exact) mass is 381 g/mol. The SMILES string of the molecule is CCOc1ccccc1NC(=O)NCc1sc(-c2ccccc2C)nc1C. The maximum absolute atomic E-state index is 12.3. The van der Waals surface area contributed by atoms with E-state index >= 15 is 0 Å². The van der Waals surface area contributed by atoms with E-state index < -0.39 is 0 Å². The minimum atomic E-state index is -0.271. The molecule has 2 amide bonds. The van der Waals surface area contributed by atoms with Crippen LogP contribution in [0.2, 0.25) is 0 Å². The summed E-state index contributed by atoms with van der Waals surface area (Å²) in [5.41, 5.74) is 3.91. The minimum absolute atomic E-state index is 0.271. The second kappa shape index (κ2) is 8.68. The summed E-state index contributed by atoms with van der Waals surface area (Å²) in [7, 11) is 0. The van der Waals surface area contributed by atoms with Gasteiger partial charge in [0.1, 0.15) is 10.8 Å². The van der Waals surface area contributed by atoms with Crippen molar-refractivity contribution in [3.63, 3.8) is 0 Å². The van der Waals surface area contributed by atoms with Crippen LogP contribution in [0.5, 0.6) is 5.75 Å². The maximum atomic E-state index is 12.3. The smallest absolute Gasteiger partial charge is 0.319 e. The number of carbonyl (C=O) groups is 1. The van der Waals surface area contributed by atoms with Gasteiger partial charge in [0.05, 0.1) is 24.5 Å². The molecule has 0 aliphatic rings. The van der Waals surface area contributed by atoms with Gasteiger partial charge in [-0.15, -0.1) is 11.3 Å². The summed E-state index contributed by atoms with van der Waals surface area (Å²) in [6.45, 7) is 6.93. The fourth-order valence-corrected chi connectivity index (χ4v) is 3.79. The van der Waals surface area contributed by atoms with Crippen molar-refractivity contribution >= 4 is 23.1 Å². The average molecular weight is 382 g/mol. The van der Waals surface area contributed by atoms with Gasteiger partial charge in [0.2, 0.25) is 0 Å². The fourth-order valence-electron chi connectivity index (χ4n) is 2.70. The first-order valence-electron chi connectivity index (χ1n) is 8.87. The Morgan fingerprint density at radius 2 is 1.85 bits per heavy atom. The van der Waals surface area contributed by atoms with E-state index in [0.717, 1.165) is 21.1 Å². The third-order valence-corrected chi connectivity index (χ3v) is 5.30. The Hall–Kier alpha value is -2.86. The molecule has 0 unspecified atom stereocenters. The van der Waals surface area contributed by atoms with Crippen LogP contribution in [0.1, 0.15) is 23.1 Å². The summed E-state index contributed by atoms with van der Waals surface area (Å²) in [6, 6.07) is 15.3. The average Bonchev–Trinajstić information content (AvgIpc) is 3.03. The van der Waals surface area contributed by atoms with Crippen LogP contribution in [0.25, 0.3) is 10.6 Å². The number of rotatable bonds is 6.